The number of hydrogen-bond donors (Lipinski definition) is 2. The second kappa shape index (κ2) is 2.92. The Hall–Kier alpha value is 0.758. The third kappa shape index (κ3) is 3.35. The van der Waals surface area contributed by atoms with Gasteiger partial charge in [-0.05, 0) is 0 Å². The normalized spacial score (nSPS) is 18.6. The fourth-order valence-corrected chi connectivity index (χ4v) is 0.312. The summed E-state index contributed by atoms with van der Waals surface area (Å²) in [5.41, 5.74) is 0. The average Bonchev–Trinajstić information content (AvgIpc) is 1.68. The van der Waals surface area contributed by atoms with Crippen LogP contribution in [0.3, 0.4) is 0 Å². The van der Waals surface area contributed by atoms with Crippen LogP contribution in [0.15, 0.2) is 0 Å². The van der Waals surface area contributed by atoms with E-state index in [1.54, 1.807) is 0 Å². The third-order valence-electron chi connectivity index (χ3n) is 0.227. The summed E-state index contributed by atoms with van der Waals surface area (Å²) in [6.07, 6.45) is 0. The van der Waals surface area contributed by atoms with Gasteiger partial charge in [-0.3, -0.25) is 0 Å². The van der Waals surface area contributed by atoms with Gasteiger partial charge in [0.2, 0.25) is 0 Å². The van der Waals surface area contributed by atoms with E-state index in [1.165, 1.54) is 0 Å². The zero-order valence-electron chi connectivity index (χ0n) is 3.10. The molecule has 1 atom stereocenters. The van der Waals surface area contributed by atoms with Gasteiger partial charge in [0.25, 0.3) is 0 Å². The molecule has 0 rings (SSSR count). The van der Waals surface area contributed by atoms with Crippen molar-refractivity contribution in [3.05, 3.63) is 0 Å². The van der Waals surface area contributed by atoms with Crippen LogP contribution in [-0.4, -0.2) is 4.89 Å². The van der Waals surface area contributed by atoms with Crippen LogP contribution in [0.1, 0.15) is 0 Å². The van der Waals surface area contributed by atoms with Crippen molar-refractivity contribution in [2.75, 3.05) is 0 Å². The van der Waals surface area contributed by atoms with Crippen LogP contribution in [0.2, 0.25) is 0 Å². The standard InChI is InChI=1S/Mo.H4NO4P/c;1-5-6(2,3)4/h;1H2,(H2,2,3,4)/q+1;/p-1. The first-order valence-electron chi connectivity index (χ1n) is 1.15. The molecule has 0 bridgehead atoms. The molecule has 0 saturated heterocycles. The van der Waals surface area contributed by atoms with Crippen molar-refractivity contribution in [3.8, 4) is 0 Å². The van der Waals surface area contributed by atoms with Crippen molar-refractivity contribution in [2.45, 2.75) is 0 Å². The summed E-state index contributed by atoms with van der Waals surface area (Å²) in [7, 11) is -3.87. The van der Waals surface area contributed by atoms with Crippen LogP contribution in [0.25, 0.3) is 0 Å². The third-order valence-corrected chi connectivity index (χ3v) is 2.07. The molecule has 5 nitrogen and oxygen atoms in total. The molecule has 3 N–H and O–H groups in total. The molecule has 0 heterocycles. The SMILES string of the molecule is NOP(=O)(O)[O][Mo]. The fraction of sp³-hybridized carbons (Fsp3) is 0. The molecule has 0 aliphatic heterocycles. The fourth-order valence-electron chi connectivity index (χ4n) is 0.0176. The molecule has 1 unspecified atom stereocenters. The Morgan fingerprint density at radius 1 is 1.86 bits per heavy atom. The van der Waals surface area contributed by atoms with Crippen molar-refractivity contribution >= 4 is 7.82 Å². The Kier molecular flexibility index (Phi) is 3.24. The predicted octanol–water partition coefficient (Wildman–Crippen LogP) is -0.544. The van der Waals surface area contributed by atoms with Crippen LogP contribution in [0.5, 0.6) is 0 Å². The molecule has 0 spiro atoms. The summed E-state index contributed by atoms with van der Waals surface area (Å²) < 4.78 is 17.3. The molecule has 0 aromatic heterocycles. The predicted molar refractivity (Wildman–Crippen MR) is 16.2 cm³/mol. The number of phosphoric acid groups is 1. The van der Waals surface area contributed by atoms with Crippen LogP contribution >= 0.6 is 7.82 Å². The molecule has 7 heteroatoms. The molecular weight excluding hydrogens is 205 g/mol. The molecular formula is H3MoNO4P. The van der Waals surface area contributed by atoms with Gasteiger partial charge in [-0.1, -0.05) is 0 Å². The molecule has 0 saturated carbocycles. The molecule has 7 heavy (non-hydrogen) atoms. The number of nitrogens with two attached hydrogens (primary N) is 1. The van der Waals surface area contributed by atoms with E-state index in [-0.39, 0.29) is 0 Å². The van der Waals surface area contributed by atoms with Gasteiger partial charge in [-0.15, -0.1) is 0 Å². The topological polar surface area (TPSA) is 81.8 Å². The van der Waals surface area contributed by atoms with Crippen molar-refractivity contribution in [3.63, 3.8) is 0 Å². The molecule has 0 aliphatic carbocycles. The van der Waals surface area contributed by atoms with Gasteiger partial charge >= 0.3 is 51.2 Å². The van der Waals surface area contributed by atoms with Crippen molar-refractivity contribution < 1.29 is 37.5 Å². The molecule has 0 amide bonds. The zero-order valence-corrected chi connectivity index (χ0v) is 6.01. The van der Waals surface area contributed by atoms with E-state index in [0.29, 0.717) is 0 Å². The van der Waals surface area contributed by atoms with E-state index in [0.717, 1.165) is 20.2 Å². The minimum absolute atomic E-state index is 0.958. The van der Waals surface area contributed by atoms with Gasteiger partial charge in [0.15, 0.2) is 0 Å². The minimum atomic E-state index is -3.87. The first-order valence-corrected chi connectivity index (χ1v) is 3.46. The Morgan fingerprint density at radius 3 is 2.29 bits per heavy atom. The number of hydrogen-bond acceptors (Lipinski definition) is 4. The second-order valence-corrected chi connectivity index (χ2v) is 3.04. The summed E-state index contributed by atoms with van der Waals surface area (Å²) in [6, 6.07) is 0. The van der Waals surface area contributed by atoms with Crippen molar-refractivity contribution in [2.24, 2.45) is 5.90 Å². The van der Waals surface area contributed by atoms with Gasteiger partial charge in [0.05, 0.1) is 0 Å². The monoisotopic (exact) mass is 210 g/mol. The van der Waals surface area contributed by atoms with Crippen molar-refractivity contribution in [1.82, 2.24) is 0 Å². The van der Waals surface area contributed by atoms with Gasteiger partial charge in [0.1, 0.15) is 0 Å². The number of rotatable bonds is 2. The Labute approximate surface area is 51.7 Å². The maximum atomic E-state index is 9.94. The maximum absolute atomic E-state index is 9.94. The average molecular weight is 208 g/mol. The van der Waals surface area contributed by atoms with Crippen LogP contribution in [-0.2, 0) is 32.6 Å². The van der Waals surface area contributed by atoms with Gasteiger partial charge in [0, 0.05) is 0 Å². The summed E-state index contributed by atoms with van der Waals surface area (Å²) in [5.74, 6) is 4.28. The first-order chi connectivity index (χ1) is 3.12. The summed E-state index contributed by atoms with van der Waals surface area (Å²) in [5, 5.41) is 0. The molecule has 0 fully saturated rings. The molecule has 43 valence electrons. The van der Waals surface area contributed by atoms with E-state index in [1.807, 2.05) is 0 Å². The quantitative estimate of drug-likeness (QED) is 0.361. The summed E-state index contributed by atoms with van der Waals surface area (Å²) in [4.78, 5) is 8.12. The van der Waals surface area contributed by atoms with Crippen LogP contribution < -0.4 is 5.90 Å². The molecule has 0 radical (unpaired) electrons. The van der Waals surface area contributed by atoms with E-state index in [9.17, 15) is 4.57 Å². The van der Waals surface area contributed by atoms with Crippen LogP contribution in [0, 0.1) is 0 Å². The first kappa shape index (κ1) is 7.76. The molecule has 0 aliphatic rings. The molecule has 0 aromatic rings. The van der Waals surface area contributed by atoms with E-state index < -0.39 is 7.82 Å². The van der Waals surface area contributed by atoms with Crippen molar-refractivity contribution in [1.29, 1.82) is 0 Å². The van der Waals surface area contributed by atoms with E-state index >= 15 is 0 Å². The Morgan fingerprint density at radius 2 is 2.29 bits per heavy atom. The Balaban J connectivity index is 3.61. The van der Waals surface area contributed by atoms with E-state index in [2.05, 4.69) is 13.7 Å². The van der Waals surface area contributed by atoms with E-state index in [4.69, 9.17) is 4.89 Å². The Bertz CT molecular complexity index is 83.7. The van der Waals surface area contributed by atoms with Crippen LogP contribution in [0.4, 0.5) is 0 Å². The van der Waals surface area contributed by atoms with Gasteiger partial charge in [-0.25, -0.2) is 0 Å². The van der Waals surface area contributed by atoms with Gasteiger partial charge < -0.3 is 0 Å². The summed E-state index contributed by atoms with van der Waals surface area (Å²) >= 11 is 0.958. The van der Waals surface area contributed by atoms with Gasteiger partial charge in [-0.2, -0.15) is 0 Å². The summed E-state index contributed by atoms with van der Waals surface area (Å²) in [6.45, 7) is 0. The second-order valence-electron chi connectivity index (χ2n) is 0.649. The molecule has 0 aromatic carbocycles. The zero-order chi connectivity index (χ0) is 5.91.